The molecule has 0 saturated carbocycles. The van der Waals surface area contributed by atoms with E-state index in [4.69, 9.17) is 10.8 Å². The molecule has 5 rings (SSSR count). The first kappa shape index (κ1) is 21.7. The second-order valence-electron chi connectivity index (χ2n) is 8.61. The average Bonchev–Trinajstić information content (AvgIpc) is 2.84. The van der Waals surface area contributed by atoms with Crippen molar-refractivity contribution < 1.29 is 0 Å². The molecular weight excluding hydrogens is 440 g/mol. The van der Waals surface area contributed by atoms with Crippen molar-refractivity contribution in [3.63, 3.8) is 0 Å². The molecule has 162 valence electrons. The summed E-state index contributed by atoms with van der Waals surface area (Å²) in [5, 5.41) is 17.6. The molecule has 2 N–H and O–H groups in total. The molecule has 4 aromatic carbocycles. The maximum atomic E-state index is 8.49. The zero-order chi connectivity index (χ0) is 23.0. The molecule has 1 aliphatic rings. The Labute approximate surface area is 203 Å². The number of fused-ring (bicyclic) bond motifs is 2. The molecule has 0 unspecified atom stereocenters. The third-order valence-electron chi connectivity index (χ3n) is 6.16. The predicted octanol–water partition coefficient (Wildman–Crippen LogP) is 8.23. The molecule has 4 heteroatoms. The number of rotatable bonds is 3. The van der Waals surface area contributed by atoms with Crippen LogP contribution in [0.2, 0.25) is 0 Å². The molecule has 1 aliphatic heterocycles. The van der Waals surface area contributed by atoms with E-state index in [0.717, 1.165) is 16.7 Å². The van der Waals surface area contributed by atoms with Gasteiger partial charge >= 0.3 is 0 Å². The average molecular weight is 465 g/mol. The van der Waals surface area contributed by atoms with Crippen LogP contribution in [0, 0.1) is 10.8 Å². The summed E-state index contributed by atoms with van der Waals surface area (Å²) < 4.78 is 0. The van der Waals surface area contributed by atoms with Gasteiger partial charge in [-0.05, 0) is 28.3 Å². The van der Waals surface area contributed by atoms with Crippen LogP contribution in [0.5, 0.6) is 0 Å². The summed E-state index contributed by atoms with van der Waals surface area (Å²) in [5.74, 6) is 0. The highest BCUT2D eigenvalue weighted by Crippen LogP contribution is 2.51. The van der Waals surface area contributed by atoms with Crippen LogP contribution in [0.3, 0.4) is 0 Å². The van der Waals surface area contributed by atoms with Gasteiger partial charge in [0.15, 0.2) is 0 Å². The Bertz CT molecular complexity index is 1360. The molecule has 0 aromatic heterocycles. The van der Waals surface area contributed by atoms with E-state index in [2.05, 4.69) is 68.4 Å². The molecule has 1 heterocycles. The van der Waals surface area contributed by atoms with Gasteiger partial charge in [-0.3, -0.25) is 10.8 Å². The first-order valence-electron chi connectivity index (χ1n) is 10.9. The number of nitrogens with one attached hydrogen (secondary N) is 2. The Hall–Kier alpha value is -3.08. The summed E-state index contributed by atoms with van der Waals surface area (Å²) in [6.45, 7) is 4.61. The maximum Gasteiger partial charge on any atom is 0.100 e. The van der Waals surface area contributed by atoms with Gasteiger partial charge < -0.3 is 0 Å². The van der Waals surface area contributed by atoms with Crippen LogP contribution in [0.15, 0.2) is 107 Å². The molecular formula is C29H24N2S2. The molecule has 33 heavy (non-hydrogen) atoms. The second-order valence-corrected chi connectivity index (χ2v) is 10.7. The second kappa shape index (κ2) is 8.69. The normalized spacial score (nSPS) is 13.6. The monoisotopic (exact) mass is 464 g/mol. The van der Waals surface area contributed by atoms with Gasteiger partial charge in [0.2, 0.25) is 0 Å². The molecule has 0 radical (unpaired) electrons. The van der Waals surface area contributed by atoms with E-state index in [1.54, 1.807) is 0 Å². The lowest BCUT2D eigenvalue weighted by atomic mass is 9.77. The smallest absolute Gasteiger partial charge is 0.100 e. The van der Waals surface area contributed by atoms with Crippen LogP contribution in [-0.2, 0) is 5.41 Å². The highest BCUT2D eigenvalue weighted by molar-refractivity contribution is 8.27. The summed E-state index contributed by atoms with van der Waals surface area (Å²) >= 11 is 3.03. The van der Waals surface area contributed by atoms with Crippen molar-refractivity contribution in [2.75, 3.05) is 0 Å². The summed E-state index contributed by atoms with van der Waals surface area (Å²) in [6.07, 6.45) is 0. The highest BCUT2D eigenvalue weighted by Gasteiger charge is 2.33. The van der Waals surface area contributed by atoms with E-state index < -0.39 is 0 Å². The fourth-order valence-corrected chi connectivity index (χ4v) is 6.54. The molecule has 4 aromatic rings. The summed E-state index contributed by atoms with van der Waals surface area (Å²) in [6, 6.07) is 33.0. The predicted molar refractivity (Wildman–Crippen MR) is 142 cm³/mol. The third-order valence-corrected chi connectivity index (χ3v) is 8.26. The van der Waals surface area contributed by atoms with E-state index in [-0.39, 0.29) is 5.41 Å². The lowest BCUT2D eigenvalue weighted by Crippen LogP contribution is -2.23. The van der Waals surface area contributed by atoms with Crippen molar-refractivity contribution in [2.24, 2.45) is 0 Å². The SMILES string of the molecule is CC1(C)c2ccccc2Sc2c(-c3ccc(C(=N)SC(=N)c4ccccc4)cc3)cccc21. The molecule has 0 bridgehead atoms. The summed E-state index contributed by atoms with van der Waals surface area (Å²) in [7, 11) is 0. The third kappa shape index (κ3) is 4.05. The van der Waals surface area contributed by atoms with Gasteiger partial charge in [0.25, 0.3) is 0 Å². The van der Waals surface area contributed by atoms with Crippen molar-refractivity contribution in [3.8, 4) is 11.1 Å². The molecule has 0 amide bonds. The number of hydrogen-bond acceptors (Lipinski definition) is 4. The van der Waals surface area contributed by atoms with Crippen molar-refractivity contribution >= 4 is 33.6 Å². The van der Waals surface area contributed by atoms with Gasteiger partial charge in [-0.2, -0.15) is 0 Å². The van der Waals surface area contributed by atoms with E-state index in [0.29, 0.717) is 10.1 Å². The Morgan fingerprint density at radius 1 is 0.667 bits per heavy atom. The quantitative estimate of drug-likeness (QED) is 0.237. The Morgan fingerprint density at radius 3 is 2.00 bits per heavy atom. The zero-order valence-corrected chi connectivity index (χ0v) is 20.2. The lowest BCUT2D eigenvalue weighted by Gasteiger charge is -2.35. The molecule has 0 saturated heterocycles. The Kier molecular flexibility index (Phi) is 5.73. The van der Waals surface area contributed by atoms with Crippen molar-refractivity contribution in [2.45, 2.75) is 29.1 Å². The topological polar surface area (TPSA) is 47.7 Å². The minimum atomic E-state index is -0.0519. The van der Waals surface area contributed by atoms with E-state index in [1.807, 2.05) is 54.2 Å². The standard InChI is InChI=1S/C29H24N2S2/c1-29(2)23-12-6-7-14-25(23)32-26-22(11-8-13-24(26)29)19-15-17-21(18-16-19)28(31)33-27(30)20-9-4-3-5-10-20/h3-18,30-31H,1-2H3. The number of hydrogen-bond donors (Lipinski definition) is 2. The van der Waals surface area contributed by atoms with Crippen LogP contribution in [0.25, 0.3) is 11.1 Å². The summed E-state index contributed by atoms with van der Waals surface area (Å²) in [4.78, 5) is 2.63. The van der Waals surface area contributed by atoms with E-state index in [9.17, 15) is 0 Å². The van der Waals surface area contributed by atoms with Gasteiger partial charge in [-0.15, -0.1) is 0 Å². The van der Waals surface area contributed by atoms with Gasteiger partial charge in [0.1, 0.15) is 10.1 Å². The minimum absolute atomic E-state index is 0.0519. The Balaban J connectivity index is 1.43. The van der Waals surface area contributed by atoms with Gasteiger partial charge in [-0.1, -0.05) is 128 Å². The van der Waals surface area contributed by atoms with Crippen molar-refractivity contribution in [3.05, 3.63) is 119 Å². The van der Waals surface area contributed by atoms with Crippen LogP contribution < -0.4 is 0 Å². The van der Waals surface area contributed by atoms with Crippen LogP contribution in [0.1, 0.15) is 36.1 Å². The highest BCUT2D eigenvalue weighted by atomic mass is 32.2. The maximum absolute atomic E-state index is 8.49. The molecule has 0 spiro atoms. The minimum Gasteiger partial charge on any atom is -0.293 e. The fourth-order valence-electron chi connectivity index (χ4n) is 4.30. The summed E-state index contributed by atoms with van der Waals surface area (Å²) in [5.41, 5.74) is 6.71. The molecule has 2 nitrogen and oxygen atoms in total. The fraction of sp³-hybridized carbons (Fsp3) is 0.103. The molecule has 0 atom stereocenters. The van der Waals surface area contributed by atoms with Crippen LogP contribution >= 0.6 is 23.5 Å². The van der Waals surface area contributed by atoms with Crippen LogP contribution in [0.4, 0.5) is 0 Å². The molecule has 0 fully saturated rings. The lowest BCUT2D eigenvalue weighted by molar-refractivity contribution is 0.608. The largest absolute Gasteiger partial charge is 0.293 e. The zero-order valence-electron chi connectivity index (χ0n) is 18.6. The first-order valence-corrected chi connectivity index (χ1v) is 12.5. The van der Waals surface area contributed by atoms with Gasteiger partial charge in [0.05, 0.1) is 0 Å². The number of benzene rings is 4. The van der Waals surface area contributed by atoms with Gasteiger partial charge in [-0.25, -0.2) is 0 Å². The van der Waals surface area contributed by atoms with Crippen LogP contribution in [-0.4, -0.2) is 10.1 Å². The van der Waals surface area contributed by atoms with E-state index in [1.165, 1.54) is 38.2 Å². The van der Waals surface area contributed by atoms with E-state index >= 15 is 0 Å². The first-order chi connectivity index (χ1) is 15.9. The molecule has 0 aliphatic carbocycles. The van der Waals surface area contributed by atoms with Crippen molar-refractivity contribution in [1.29, 1.82) is 10.8 Å². The number of thioether (sulfide) groups is 1. The van der Waals surface area contributed by atoms with Crippen molar-refractivity contribution in [1.82, 2.24) is 0 Å². The van der Waals surface area contributed by atoms with Gasteiger partial charge in [0, 0.05) is 26.3 Å². The Morgan fingerprint density at radius 2 is 1.27 bits per heavy atom.